The third kappa shape index (κ3) is 2.40. The van der Waals surface area contributed by atoms with Crippen LogP contribution in [0.1, 0.15) is 43.2 Å². The van der Waals surface area contributed by atoms with Crippen LogP contribution < -0.4 is 5.32 Å². The van der Waals surface area contributed by atoms with Crippen molar-refractivity contribution in [3.8, 4) is 5.75 Å². The molecule has 2 fully saturated rings. The lowest BCUT2D eigenvalue weighted by atomic mass is 9.52. The standard InChI is InChI=1S/C19H26F2N2O/c1-23-7-6-19-5-3-2-4-13(19)16(23)9-12-8-15(22-11-18(20)21)17(24)10-14(12)19/h8,10,13,16,18,22,24H,2-7,9,11H2,1H3/t13-,16+,19+/m1/s1. The summed E-state index contributed by atoms with van der Waals surface area (Å²) in [5.41, 5.74) is 3.15. The van der Waals surface area contributed by atoms with Crippen LogP contribution in [0.4, 0.5) is 14.5 Å². The number of piperidine rings is 1. The van der Waals surface area contributed by atoms with Crippen molar-refractivity contribution >= 4 is 5.69 Å². The van der Waals surface area contributed by atoms with E-state index in [9.17, 15) is 13.9 Å². The average molecular weight is 336 g/mol. The first-order chi connectivity index (χ1) is 11.5. The van der Waals surface area contributed by atoms with E-state index in [1.165, 1.54) is 36.8 Å². The number of nitrogens with one attached hydrogen (secondary N) is 1. The lowest BCUT2D eigenvalue weighted by Crippen LogP contribution is -2.59. The van der Waals surface area contributed by atoms with Crippen LogP contribution in [0.15, 0.2) is 12.1 Å². The highest BCUT2D eigenvalue weighted by molar-refractivity contribution is 5.62. The molecule has 3 nitrogen and oxygen atoms in total. The summed E-state index contributed by atoms with van der Waals surface area (Å²) in [5.74, 6) is 0.780. The Hall–Kier alpha value is -1.36. The van der Waals surface area contributed by atoms with Gasteiger partial charge in [0.1, 0.15) is 5.75 Å². The predicted molar refractivity (Wildman–Crippen MR) is 91.0 cm³/mol. The molecule has 0 spiro atoms. The van der Waals surface area contributed by atoms with E-state index in [-0.39, 0.29) is 11.2 Å². The second-order valence-electron chi connectivity index (χ2n) is 7.81. The second-order valence-corrected chi connectivity index (χ2v) is 7.81. The number of halogens is 2. The third-order valence-corrected chi connectivity index (χ3v) is 6.67. The summed E-state index contributed by atoms with van der Waals surface area (Å²) in [7, 11) is 2.21. The zero-order chi connectivity index (χ0) is 16.9. The summed E-state index contributed by atoms with van der Waals surface area (Å²) in [4.78, 5) is 2.48. The molecule has 2 bridgehead atoms. The first-order valence-corrected chi connectivity index (χ1v) is 9.10. The van der Waals surface area contributed by atoms with Gasteiger partial charge >= 0.3 is 0 Å². The predicted octanol–water partition coefficient (Wildman–Crippen LogP) is 3.76. The second kappa shape index (κ2) is 5.87. The smallest absolute Gasteiger partial charge is 0.255 e. The Balaban J connectivity index is 1.76. The highest BCUT2D eigenvalue weighted by Gasteiger charge is 2.53. The van der Waals surface area contributed by atoms with Crippen LogP contribution in [0.25, 0.3) is 0 Å². The van der Waals surface area contributed by atoms with Crippen molar-refractivity contribution in [1.82, 2.24) is 4.90 Å². The van der Waals surface area contributed by atoms with Crippen LogP contribution in [0, 0.1) is 5.92 Å². The molecule has 5 heteroatoms. The van der Waals surface area contributed by atoms with E-state index in [1.807, 2.05) is 12.1 Å². The zero-order valence-electron chi connectivity index (χ0n) is 14.2. The number of hydrogen-bond acceptors (Lipinski definition) is 3. The Bertz CT molecular complexity index is 636. The molecule has 1 saturated carbocycles. The maximum atomic E-state index is 12.5. The van der Waals surface area contributed by atoms with Gasteiger partial charge in [0.25, 0.3) is 6.43 Å². The molecule has 3 aliphatic rings. The molecule has 0 aromatic heterocycles. The van der Waals surface area contributed by atoms with E-state index in [0.717, 1.165) is 19.4 Å². The van der Waals surface area contributed by atoms with E-state index < -0.39 is 13.0 Å². The van der Waals surface area contributed by atoms with E-state index >= 15 is 0 Å². The SMILES string of the molecule is CN1CC[C@@]23CCCC[C@@H]2[C@@H]1Cc1cc(NCC(F)F)c(O)cc13. The number of benzene rings is 1. The number of anilines is 1. The molecule has 132 valence electrons. The monoisotopic (exact) mass is 336 g/mol. The summed E-state index contributed by atoms with van der Waals surface area (Å²) in [6, 6.07) is 4.34. The summed E-state index contributed by atoms with van der Waals surface area (Å²) < 4.78 is 25.0. The number of nitrogens with zero attached hydrogens (tertiary/aromatic N) is 1. The van der Waals surface area contributed by atoms with Crippen LogP contribution in [0.3, 0.4) is 0 Å². The molecular weight excluding hydrogens is 310 g/mol. The van der Waals surface area contributed by atoms with Crippen molar-refractivity contribution < 1.29 is 13.9 Å². The van der Waals surface area contributed by atoms with Crippen molar-refractivity contribution in [3.63, 3.8) is 0 Å². The van der Waals surface area contributed by atoms with Gasteiger partial charge in [0.05, 0.1) is 12.2 Å². The summed E-state index contributed by atoms with van der Waals surface area (Å²) in [5, 5.41) is 13.1. The quantitative estimate of drug-likeness (QED) is 0.825. The fourth-order valence-corrected chi connectivity index (χ4v) is 5.57. The van der Waals surface area contributed by atoms with Crippen LogP contribution in [0.5, 0.6) is 5.75 Å². The molecule has 1 heterocycles. The number of phenols is 1. The Morgan fingerprint density at radius 2 is 2.17 bits per heavy atom. The van der Waals surface area contributed by atoms with Gasteiger partial charge in [-0.15, -0.1) is 0 Å². The van der Waals surface area contributed by atoms with Crippen molar-refractivity contribution in [2.45, 2.75) is 56.4 Å². The highest BCUT2D eigenvalue weighted by Crippen LogP contribution is 2.56. The fourth-order valence-electron chi connectivity index (χ4n) is 5.57. The molecule has 0 radical (unpaired) electrons. The Labute approximate surface area is 142 Å². The number of likely N-dealkylation sites (tertiary alicyclic amines) is 1. The zero-order valence-corrected chi connectivity index (χ0v) is 14.2. The number of alkyl halides is 2. The van der Waals surface area contributed by atoms with Crippen LogP contribution >= 0.6 is 0 Å². The number of rotatable bonds is 3. The van der Waals surface area contributed by atoms with Gasteiger partial charge in [-0.1, -0.05) is 12.8 Å². The maximum absolute atomic E-state index is 12.5. The Morgan fingerprint density at radius 3 is 2.96 bits per heavy atom. The van der Waals surface area contributed by atoms with E-state index in [2.05, 4.69) is 17.3 Å². The van der Waals surface area contributed by atoms with Gasteiger partial charge in [-0.3, -0.25) is 0 Å². The van der Waals surface area contributed by atoms with Crippen molar-refractivity contribution in [3.05, 3.63) is 23.3 Å². The van der Waals surface area contributed by atoms with Gasteiger partial charge in [-0.05, 0) is 68.5 Å². The van der Waals surface area contributed by atoms with Crippen molar-refractivity contribution in [2.75, 3.05) is 25.5 Å². The first kappa shape index (κ1) is 16.1. The van der Waals surface area contributed by atoms with Gasteiger partial charge in [-0.25, -0.2) is 8.78 Å². The van der Waals surface area contributed by atoms with Gasteiger partial charge in [0, 0.05) is 11.5 Å². The summed E-state index contributed by atoms with van der Waals surface area (Å²) in [6.07, 6.45) is 4.68. The summed E-state index contributed by atoms with van der Waals surface area (Å²) >= 11 is 0. The molecule has 3 atom stereocenters. The van der Waals surface area contributed by atoms with Gasteiger partial charge in [0.15, 0.2) is 0 Å². The van der Waals surface area contributed by atoms with Crippen LogP contribution in [-0.2, 0) is 11.8 Å². The van der Waals surface area contributed by atoms with Crippen LogP contribution in [-0.4, -0.2) is 42.6 Å². The number of likely N-dealkylation sites (N-methyl/N-ethyl adjacent to an activating group) is 1. The number of aromatic hydroxyl groups is 1. The molecule has 1 aliphatic heterocycles. The number of phenolic OH excluding ortho intramolecular Hbond substituents is 1. The molecule has 1 aromatic carbocycles. The van der Waals surface area contributed by atoms with Gasteiger partial charge in [-0.2, -0.15) is 0 Å². The van der Waals surface area contributed by atoms with Gasteiger partial charge < -0.3 is 15.3 Å². The molecule has 1 aromatic rings. The minimum Gasteiger partial charge on any atom is -0.506 e. The molecule has 24 heavy (non-hydrogen) atoms. The molecule has 0 unspecified atom stereocenters. The minimum absolute atomic E-state index is 0.116. The van der Waals surface area contributed by atoms with Crippen molar-refractivity contribution in [2.24, 2.45) is 5.92 Å². The lowest BCUT2D eigenvalue weighted by molar-refractivity contribution is 0.00276. The summed E-state index contributed by atoms with van der Waals surface area (Å²) in [6.45, 7) is 0.677. The van der Waals surface area contributed by atoms with E-state index in [4.69, 9.17) is 0 Å². The molecule has 2 N–H and O–H groups in total. The largest absolute Gasteiger partial charge is 0.506 e. The molecule has 4 rings (SSSR count). The van der Waals surface area contributed by atoms with E-state index in [1.54, 1.807) is 0 Å². The molecule has 1 saturated heterocycles. The first-order valence-electron chi connectivity index (χ1n) is 9.10. The lowest BCUT2D eigenvalue weighted by Gasteiger charge is -2.58. The third-order valence-electron chi connectivity index (χ3n) is 6.67. The fraction of sp³-hybridized carbons (Fsp3) is 0.684. The number of fused-ring (bicyclic) bond motifs is 1. The Morgan fingerprint density at radius 1 is 1.33 bits per heavy atom. The molecule has 0 amide bonds. The highest BCUT2D eigenvalue weighted by atomic mass is 19.3. The van der Waals surface area contributed by atoms with Crippen molar-refractivity contribution in [1.29, 1.82) is 0 Å². The minimum atomic E-state index is -2.42. The maximum Gasteiger partial charge on any atom is 0.255 e. The van der Waals surface area contributed by atoms with Crippen LogP contribution in [0.2, 0.25) is 0 Å². The number of hydrogen-bond donors (Lipinski definition) is 2. The van der Waals surface area contributed by atoms with E-state index in [0.29, 0.717) is 17.6 Å². The Kier molecular flexibility index (Phi) is 3.94. The topological polar surface area (TPSA) is 35.5 Å². The molecule has 2 aliphatic carbocycles. The average Bonchev–Trinajstić information content (AvgIpc) is 2.57. The normalized spacial score (nSPS) is 32.3. The molecular formula is C19H26F2N2O. The van der Waals surface area contributed by atoms with Gasteiger partial charge in [0.2, 0.25) is 0 Å².